The van der Waals surface area contributed by atoms with E-state index in [4.69, 9.17) is 7.85 Å². The summed E-state index contributed by atoms with van der Waals surface area (Å²) in [6.45, 7) is 7.39. The van der Waals surface area contributed by atoms with E-state index in [0.717, 1.165) is 13.0 Å². The molecule has 0 aromatic heterocycles. The van der Waals surface area contributed by atoms with Crippen molar-refractivity contribution in [1.82, 2.24) is 4.90 Å². The highest BCUT2D eigenvalue weighted by molar-refractivity contribution is 6.15. The maximum absolute atomic E-state index is 11.5. The van der Waals surface area contributed by atoms with Gasteiger partial charge in [0.05, 0.1) is 7.85 Å². The number of hydrogen-bond acceptors (Lipinski definition) is 1. The smallest absolute Gasteiger partial charge is 0.225 e. The van der Waals surface area contributed by atoms with Crippen LogP contribution in [0.4, 0.5) is 0 Å². The van der Waals surface area contributed by atoms with Crippen LogP contribution in [0.2, 0.25) is 5.31 Å². The molecule has 2 nitrogen and oxygen atoms in total. The van der Waals surface area contributed by atoms with Gasteiger partial charge in [-0.1, -0.05) is 20.8 Å². The third kappa shape index (κ3) is 2.02. The maximum Gasteiger partial charge on any atom is 0.225 e. The molecule has 2 radical (unpaired) electrons. The normalized spacial score (nSPS) is 29.8. The Hall–Kier alpha value is -0.465. The van der Waals surface area contributed by atoms with Gasteiger partial charge in [0.2, 0.25) is 5.91 Å². The number of likely N-dealkylation sites (tertiary alicyclic amines) is 1. The van der Waals surface area contributed by atoms with Crippen molar-refractivity contribution >= 4 is 13.8 Å². The van der Waals surface area contributed by atoms with Crippen LogP contribution in [-0.4, -0.2) is 31.7 Å². The molecule has 3 heteroatoms. The first-order chi connectivity index (χ1) is 5.42. The van der Waals surface area contributed by atoms with Crippen molar-refractivity contribution in [2.45, 2.75) is 32.5 Å². The Balaban J connectivity index is 2.53. The zero-order valence-corrected chi connectivity index (χ0v) is 8.13. The van der Waals surface area contributed by atoms with Crippen LogP contribution in [-0.2, 0) is 4.79 Å². The van der Waals surface area contributed by atoms with Gasteiger partial charge in [0.1, 0.15) is 0 Å². The van der Waals surface area contributed by atoms with Crippen LogP contribution in [0.1, 0.15) is 27.2 Å². The summed E-state index contributed by atoms with van der Waals surface area (Å²) in [6, 6.07) is 0. The Morgan fingerprint density at radius 1 is 1.58 bits per heavy atom. The van der Waals surface area contributed by atoms with Gasteiger partial charge >= 0.3 is 0 Å². The SMILES string of the molecule is [B]C1(C)CCN(C(=O)C(C)C)C1. The Bertz CT molecular complexity index is 189. The molecule has 0 aromatic carbocycles. The summed E-state index contributed by atoms with van der Waals surface area (Å²) in [7, 11) is 5.91. The highest BCUT2D eigenvalue weighted by Gasteiger charge is 2.32. The molecule has 0 spiro atoms. The molecule has 66 valence electrons. The Kier molecular flexibility index (Phi) is 2.50. The van der Waals surface area contributed by atoms with Gasteiger partial charge in [-0.15, -0.1) is 0 Å². The quantitative estimate of drug-likeness (QED) is 0.535. The molecule has 0 aliphatic carbocycles. The van der Waals surface area contributed by atoms with Crippen molar-refractivity contribution in [2.75, 3.05) is 13.1 Å². The van der Waals surface area contributed by atoms with Crippen molar-refractivity contribution in [2.24, 2.45) is 5.92 Å². The van der Waals surface area contributed by atoms with Crippen molar-refractivity contribution < 1.29 is 4.79 Å². The highest BCUT2D eigenvalue weighted by atomic mass is 16.2. The largest absolute Gasteiger partial charge is 0.343 e. The minimum absolute atomic E-state index is 0.0962. The highest BCUT2D eigenvalue weighted by Crippen LogP contribution is 2.33. The van der Waals surface area contributed by atoms with E-state index < -0.39 is 0 Å². The molecule has 1 rings (SSSR count). The number of hydrogen-bond donors (Lipinski definition) is 0. The van der Waals surface area contributed by atoms with Crippen molar-refractivity contribution in [3.05, 3.63) is 0 Å². The molecule has 1 unspecified atom stereocenters. The Morgan fingerprint density at radius 2 is 2.17 bits per heavy atom. The van der Waals surface area contributed by atoms with Crippen LogP contribution < -0.4 is 0 Å². The van der Waals surface area contributed by atoms with Crippen molar-refractivity contribution in [3.63, 3.8) is 0 Å². The predicted octanol–water partition coefficient (Wildman–Crippen LogP) is 1.22. The number of carbonyl (C=O) groups excluding carboxylic acids is 1. The standard InChI is InChI=1S/C9H16BNO/c1-7(2)8(12)11-5-4-9(3,10)6-11/h7H,4-6H2,1-3H3. The summed E-state index contributed by atoms with van der Waals surface area (Å²) < 4.78 is 0. The van der Waals surface area contributed by atoms with Gasteiger partial charge in [0, 0.05) is 19.0 Å². The van der Waals surface area contributed by atoms with Gasteiger partial charge in [0.25, 0.3) is 0 Å². The lowest BCUT2D eigenvalue weighted by Crippen LogP contribution is -2.32. The fourth-order valence-corrected chi connectivity index (χ4v) is 1.54. The number of rotatable bonds is 1. The minimum Gasteiger partial charge on any atom is -0.343 e. The van der Waals surface area contributed by atoms with Crippen LogP contribution in [0, 0.1) is 5.92 Å². The summed E-state index contributed by atoms with van der Waals surface area (Å²) in [5, 5.41) is -0.162. The Labute approximate surface area is 75.7 Å². The van der Waals surface area contributed by atoms with Crippen molar-refractivity contribution in [3.8, 4) is 0 Å². The molecule has 1 heterocycles. The van der Waals surface area contributed by atoms with Gasteiger partial charge in [-0.05, 0) is 11.7 Å². The molecule has 1 saturated heterocycles. The average Bonchev–Trinajstić information content (AvgIpc) is 2.28. The zero-order chi connectivity index (χ0) is 9.35. The van der Waals surface area contributed by atoms with Gasteiger partial charge < -0.3 is 4.90 Å². The average molecular weight is 165 g/mol. The zero-order valence-electron chi connectivity index (χ0n) is 8.13. The first-order valence-corrected chi connectivity index (χ1v) is 4.50. The van der Waals surface area contributed by atoms with E-state index in [1.165, 1.54) is 0 Å². The summed E-state index contributed by atoms with van der Waals surface area (Å²) in [5.41, 5.74) is 0. The van der Waals surface area contributed by atoms with Gasteiger partial charge in [0.15, 0.2) is 0 Å². The fraction of sp³-hybridized carbons (Fsp3) is 0.889. The monoisotopic (exact) mass is 165 g/mol. The van der Waals surface area contributed by atoms with Crippen molar-refractivity contribution in [1.29, 1.82) is 0 Å². The maximum atomic E-state index is 11.5. The van der Waals surface area contributed by atoms with Crippen LogP contribution in [0.3, 0.4) is 0 Å². The van der Waals surface area contributed by atoms with E-state index in [-0.39, 0.29) is 17.1 Å². The summed E-state index contributed by atoms with van der Waals surface area (Å²) in [5.74, 6) is 0.322. The summed E-state index contributed by atoms with van der Waals surface area (Å²) in [6.07, 6.45) is 0.922. The van der Waals surface area contributed by atoms with E-state index >= 15 is 0 Å². The lowest BCUT2D eigenvalue weighted by molar-refractivity contribution is -0.133. The minimum atomic E-state index is -0.162. The molecule has 0 aromatic rings. The lowest BCUT2D eigenvalue weighted by atomic mass is 9.70. The first-order valence-electron chi connectivity index (χ1n) is 4.50. The molecule has 1 aliphatic heterocycles. The van der Waals surface area contributed by atoms with Crippen LogP contribution in [0.5, 0.6) is 0 Å². The molecular formula is C9H16BNO. The third-order valence-corrected chi connectivity index (χ3v) is 2.31. The van der Waals surface area contributed by atoms with Gasteiger partial charge in [-0.2, -0.15) is 0 Å². The van der Waals surface area contributed by atoms with Gasteiger partial charge in [-0.3, -0.25) is 4.79 Å². The van der Waals surface area contributed by atoms with E-state index in [1.54, 1.807) is 0 Å². The Morgan fingerprint density at radius 3 is 2.50 bits per heavy atom. The van der Waals surface area contributed by atoms with E-state index in [1.807, 2.05) is 25.7 Å². The second kappa shape index (κ2) is 3.12. The van der Waals surface area contributed by atoms with Crippen LogP contribution in [0.15, 0.2) is 0 Å². The second-order valence-electron chi connectivity index (χ2n) is 4.32. The third-order valence-electron chi connectivity index (χ3n) is 2.31. The second-order valence-corrected chi connectivity index (χ2v) is 4.32. The van der Waals surface area contributed by atoms with E-state index in [9.17, 15) is 4.79 Å². The van der Waals surface area contributed by atoms with E-state index in [2.05, 4.69) is 0 Å². The molecule has 0 bridgehead atoms. The van der Waals surface area contributed by atoms with Gasteiger partial charge in [-0.25, -0.2) is 0 Å². The number of nitrogens with zero attached hydrogens (tertiary/aromatic N) is 1. The molecule has 1 fully saturated rings. The van der Waals surface area contributed by atoms with Crippen LogP contribution in [0.25, 0.3) is 0 Å². The molecular weight excluding hydrogens is 149 g/mol. The summed E-state index contributed by atoms with van der Waals surface area (Å²) in [4.78, 5) is 13.4. The molecule has 1 amide bonds. The molecule has 12 heavy (non-hydrogen) atoms. The molecule has 0 saturated carbocycles. The molecule has 1 aliphatic rings. The topological polar surface area (TPSA) is 20.3 Å². The molecule has 0 N–H and O–H groups in total. The lowest BCUT2D eigenvalue weighted by Gasteiger charge is -2.21. The summed E-state index contributed by atoms with van der Waals surface area (Å²) >= 11 is 0. The number of amides is 1. The number of carbonyl (C=O) groups is 1. The fourth-order valence-electron chi connectivity index (χ4n) is 1.54. The predicted molar refractivity (Wildman–Crippen MR) is 50.2 cm³/mol. The molecule has 1 atom stereocenters. The first kappa shape index (κ1) is 9.62. The van der Waals surface area contributed by atoms with E-state index in [0.29, 0.717) is 6.54 Å². The van der Waals surface area contributed by atoms with Crippen LogP contribution >= 0.6 is 0 Å².